The van der Waals surface area contributed by atoms with Crippen molar-refractivity contribution in [2.24, 2.45) is 0 Å². The molecule has 0 radical (unpaired) electrons. The van der Waals surface area contributed by atoms with Crippen LogP contribution in [0.1, 0.15) is 33.1 Å². The van der Waals surface area contributed by atoms with Crippen LogP contribution in [-0.2, 0) is 4.79 Å². The summed E-state index contributed by atoms with van der Waals surface area (Å²) < 4.78 is 1.76. The smallest absolute Gasteiger partial charge is 0.251 e. The van der Waals surface area contributed by atoms with Gasteiger partial charge in [0.2, 0.25) is 5.91 Å². The highest BCUT2D eigenvalue weighted by Gasteiger charge is 2.41. The highest BCUT2D eigenvalue weighted by molar-refractivity contribution is 6.04. The maximum atomic E-state index is 13.3. The summed E-state index contributed by atoms with van der Waals surface area (Å²) in [5.74, 6) is -0.293. The van der Waals surface area contributed by atoms with Gasteiger partial charge in [0.1, 0.15) is 11.9 Å². The number of para-hydroxylation sites is 1. The number of amides is 2. The summed E-state index contributed by atoms with van der Waals surface area (Å²) in [5.41, 5.74) is 4.01. The van der Waals surface area contributed by atoms with Crippen LogP contribution in [-0.4, -0.2) is 27.6 Å². The van der Waals surface area contributed by atoms with E-state index in [0.717, 1.165) is 22.5 Å². The maximum absolute atomic E-state index is 13.3. The van der Waals surface area contributed by atoms with Crippen LogP contribution in [0.25, 0.3) is 5.69 Å². The van der Waals surface area contributed by atoms with Gasteiger partial charge in [0.25, 0.3) is 5.91 Å². The van der Waals surface area contributed by atoms with Crippen molar-refractivity contribution in [3.05, 3.63) is 113 Å². The van der Waals surface area contributed by atoms with Gasteiger partial charge in [-0.2, -0.15) is 5.10 Å². The van der Waals surface area contributed by atoms with Crippen LogP contribution in [0.15, 0.2) is 91.0 Å². The molecule has 2 heterocycles. The van der Waals surface area contributed by atoms with Crippen molar-refractivity contribution in [2.75, 3.05) is 5.32 Å². The summed E-state index contributed by atoms with van der Waals surface area (Å²) in [6, 6.07) is 27.6. The molecule has 0 unspecified atom stereocenters. The lowest BCUT2D eigenvalue weighted by Gasteiger charge is -2.32. The second kappa shape index (κ2) is 8.15. The molecule has 1 aliphatic heterocycles. The van der Waals surface area contributed by atoms with Gasteiger partial charge in [0.15, 0.2) is 0 Å². The zero-order valence-corrected chi connectivity index (χ0v) is 17.5. The number of rotatable bonds is 4. The molecule has 158 valence electrons. The van der Waals surface area contributed by atoms with Gasteiger partial charge in [-0.3, -0.25) is 9.59 Å². The van der Waals surface area contributed by atoms with Crippen molar-refractivity contribution in [2.45, 2.75) is 18.9 Å². The first kappa shape index (κ1) is 19.8. The molecule has 0 saturated heterocycles. The number of carbonyl (C=O) groups excluding carboxylic acids is 2. The molecule has 6 nitrogen and oxygen atoms in total. The van der Waals surface area contributed by atoms with E-state index in [-0.39, 0.29) is 17.7 Å². The first-order valence-electron chi connectivity index (χ1n) is 10.5. The van der Waals surface area contributed by atoms with Crippen LogP contribution in [0.4, 0.5) is 5.82 Å². The number of hydrogen-bond donors (Lipinski definition) is 2. The SMILES string of the molecule is Cc1nn(-c2ccccc2)c2c1[C@H](c1ccccc1)[C@H](NC(=O)c1ccccc1)C(=O)N2. The molecule has 0 aliphatic carbocycles. The lowest BCUT2D eigenvalue weighted by atomic mass is 9.82. The number of nitrogens with zero attached hydrogens (tertiary/aromatic N) is 2. The van der Waals surface area contributed by atoms with E-state index in [2.05, 4.69) is 10.6 Å². The van der Waals surface area contributed by atoms with Crippen LogP contribution in [0.2, 0.25) is 0 Å². The topological polar surface area (TPSA) is 76.0 Å². The second-order valence-corrected chi connectivity index (χ2v) is 7.79. The number of fused-ring (bicyclic) bond motifs is 1. The van der Waals surface area contributed by atoms with E-state index in [4.69, 9.17) is 5.10 Å². The third kappa shape index (κ3) is 3.46. The molecular weight excluding hydrogens is 400 g/mol. The van der Waals surface area contributed by atoms with Crippen molar-refractivity contribution >= 4 is 17.6 Å². The summed E-state index contributed by atoms with van der Waals surface area (Å²) in [5, 5.41) is 10.7. The molecule has 5 rings (SSSR count). The molecule has 1 aliphatic rings. The first-order chi connectivity index (χ1) is 15.6. The van der Waals surface area contributed by atoms with Gasteiger partial charge in [-0.25, -0.2) is 4.68 Å². The lowest BCUT2D eigenvalue weighted by Crippen LogP contribution is -2.50. The zero-order chi connectivity index (χ0) is 22.1. The zero-order valence-electron chi connectivity index (χ0n) is 17.5. The Bertz CT molecular complexity index is 1270. The molecule has 4 aromatic rings. The Hall–Kier alpha value is -4.19. The van der Waals surface area contributed by atoms with Gasteiger partial charge in [-0.05, 0) is 36.8 Å². The number of carbonyl (C=O) groups is 2. The fourth-order valence-corrected chi connectivity index (χ4v) is 4.28. The predicted octanol–water partition coefficient (Wildman–Crippen LogP) is 4.06. The predicted molar refractivity (Wildman–Crippen MR) is 123 cm³/mol. The minimum atomic E-state index is -0.773. The fraction of sp³-hybridized carbons (Fsp3) is 0.115. The number of benzene rings is 3. The van der Waals surface area contributed by atoms with Gasteiger partial charge in [-0.15, -0.1) is 0 Å². The van der Waals surface area contributed by atoms with Gasteiger partial charge < -0.3 is 10.6 Å². The van der Waals surface area contributed by atoms with Crippen molar-refractivity contribution in [3.63, 3.8) is 0 Å². The summed E-state index contributed by atoms with van der Waals surface area (Å²) in [4.78, 5) is 26.3. The number of aromatic nitrogens is 2. The fourth-order valence-electron chi connectivity index (χ4n) is 4.28. The normalized spacial score (nSPS) is 17.3. The van der Waals surface area contributed by atoms with Gasteiger partial charge in [0, 0.05) is 17.0 Å². The van der Waals surface area contributed by atoms with Gasteiger partial charge in [0.05, 0.1) is 11.4 Å². The molecule has 2 atom stereocenters. The average Bonchev–Trinajstić information content (AvgIpc) is 3.16. The third-order valence-electron chi connectivity index (χ3n) is 5.76. The third-order valence-corrected chi connectivity index (χ3v) is 5.76. The van der Waals surface area contributed by atoms with E-state index in [1.165, 1.54) is 0 Å². The maximum Gasteiger partial charge on any atom is 0.251 e. The van der Waals surface area contributed by atoms with Gasteiger partial charge in [-0.1, -0.05) is 66.7 Å². The van der Waals surface area contributed by atoms with Crippen LogP contribution in [0.3, 0.4) is 0 Å². The van der Waals surface area contributed by atoms with E-state index >= 15 is 0 Å². The molecule has 0 bridgehead atoms. The van der Waals surface area contributed by atoms with Crippen molar-refractivity contribution in [1.82, 2.24) is 15.1 Å². The highest BCUT2D eigenvalue weighted by Crippen LogP contribution is 2.40. The molecule has 1 aromatic heterocycles. The van der Waals surface area contributed by atoms with Crippen LogP contribution >= 0.6 is 0 Å². The molecule has 32 heavy (non-hydrogen) atoms. The van der Waals surface area contributed by atoms with E-state index in [1.807, 2.05) is 73.7 Å². The second-order valence-electron chi connectivity index (χ2n) is 7.79. The molecule has 2 amide bonds. The number of hydrogen-bond acceptors (Lipinski definition) is 3. The summed E-state index contributed by atoms with van der Waals surface area (Å²) in [6.45, 7) is 1.93. The molecule has 2 N–H and O–H groups in total. The van der Waals surface area contributed by atoms with Crippen LogP contribution in [0, 0.1) is 6.92 Å². The minimum Gasteiger partial charge on any atom is -0.339 e. The van der Waals surface area contributed by atoms with E-state index < -0.39 is 6.04 Å². The van der Waals surface area contributed by atoms with Crippen molar-refractivity contribution < 1.29 is 9.59 Å². The Morgan fingerprint density at radius 2 is 1.50 bits per heavy atom. The van der Waals surface area contributed by atoms with Crippen molar-refractivity contribution in [3.8, 4) is 5.69 Å². The Labute approximate surface area is 185 Å². The Balaban J connectivity index is 1.62. The Morgan fingerprint density at radius 1 is 0.906 bits per heavy atom. The summed E-state index contributed by atoms with van der Waals surface area (Å²) in [7, 11) is 0. The Morgan fingerprint density at radius 3 is 2.16 bits per heavy atom. The monoisotopic (exact) mass is 422 g/mol. The number of anilines is 1. The van der Waals surface area contributed by atoms with E-state index in [9.17, 15) is 9.59 Å². The van der Waals surface area contributed by atoms with Crippen LogP contribution in [0.5, 0.6) is 0 Å². The largest absolute Gasteiger partial charge is 0.339 e. The Kier molecular flexibility index (Phi) is 5.03. The summed E-state index contributed by atoms with van der Waals surface area (Å²) >= 11 is 0. The lowest BCUT2D eigenvalue weighted by molar-refractivity contribution is -0.118. The minimum absolute atomic E-state index is 0.271. The molecule has 0 saturated carbocycles. The quantitative estimate of drug-likeness (QED) is 0.521. The van der Waals surface area contributed by atoms with E-state index in [0.29, 0.717) is 11.4 Å². The van der Waals surface area contributed by atoms with Crippen molar-refractivity contribution in [1.29, 1.82) is 0 Å². The first-order valence-corrected chi connectivity index (χ1v) is 10.5. The summed E-state index contributed by atoms with van der Waals surface area (Å²) in [6.07, 6.45) is 0. The highest BCUT2D eigenvalue weighted by atomic mass is 16.2. The average molecular weight is 422 g/mol. The standard InChI is InChI=1S/C26H22N4O2/c1-17-21-22(18-11-5-2-6-12-18)23(27-25(31)19-13-7-3-8-14-19)26(32)28-24(21)30(29-17)20-15-9-4-10-16-20/h2-16,22-23H,1H3,(H,27,31)(H,28,32)/t22-,23-/m0/s1. The molecule has 6 heteroatoms. The number of aryl methyl sites for hydroxylation is 1. The number of nitrogens with one attached hydrogen (secondary N) is 2. The van der Waals surface area contributed by atoms with Gasteiger partial charge >= 0.3 is 0 Å². The molecule has 0 spiro atoms. The molecule has 3 aromatic carbocycles. The molecular formula is C26H22N4O2. The van der Waals surface area contributed by atoms with Crippen LogP contribution < -0.4 is 10.6 Å². The van der Waals surface area contributed by atoms with E-state index in [1.54, 1.807) is 28.9 Å². The molecule has 0 fully saturated rings.